The fourth-order valence-corrected chi connectivity index (χ4v) is 3.09. The molecule has 1 unspecified atom stereocenters. The Morgan fingerprint density at radius 3 is 2.31 bits per heavy atom. The molecule has 0 bridgehead atoms. The van der Waals surface area contributed by atoms with Gasteiger partial charge in [-0.2, -0.15) is 0 Å². The topological polar surface area (TPSA) is 54.2 Å². The van der Waals surface area contributed by atoms with Gasteiger partial charge in [0.2, 0.25) is 5.90 Å². The third kappa shape index (κ3) is 3.79. The van der Waals surface area contributed by atoms with E-state index in [1.165, 1.54) is 11.1 Å². The van der Waals surface area contributed by atoms with Crippen LogP contribution in [-0.4, -0.2) is 29.9 Å². The minimum absolute atomic E-state index is 0.148. The molecule has 3 rings (SSSR count). The first kappa shape index (κ1) is 18.2. The normalized spacial score (nSPS) is 17.2. The highest BCUT2D eigenvalue weighted by Gasteiger charge is 2.21. The first-order chi connectivity index (χ1) is 12.5. The van der Waals surface area contributed by atoms with Gasteiger partial charge in [-0.25, -0.2) is 4.99 Å². The van der Waals surface area contributed by atoms with Crippen LogP contribution in [0.15, 0.2) is 52.4 Å². The summed E-state index contributed by atoms with van der Waals surface area (Å²) in [5.41, 5.74) is 4.16. The summed E-state index contributed by atoms with van der Waals surface area (Å²) in [6.45, 7) is 9.18. The average molecular weight is 350 g/mol. The highest BCUT2D eigenvalue weighted by molar-refractivity contribution is 5.99. The summed E-state index contributed by atoms with van der Waals surface area (Å²) in [6, 6.07) is 13.3. The second-order valence-corrected chi connectivity index (χ2v) is 7.20. The highest BCUT2D eigenvalue weighted by atomic mass is 16.5. The average Bonchev–Trinajstić information content (AvgIpc) is 3.08. The molecule has 26 heavy (non-hydrogen) atoms. The molecule has 2 aromatic rings. The Morgan fingerprint density at radius 1 is 1.04 bits per heavy atom. The maximum atomic E-state index is 9.97. The lowest BCUT2D eigenvalue weighted by Crippen LogP contribution is -2.07. The lowest BCUT2D eigenvalue weighted by Gasteiger charge is -2.16. The largest absolute Gasteiger partial charge is 0.507 e. The Balaban J connectivity index is 1.88. The molecule has 0 amide bonds. The lowest BCUT2D eigenvalue weighted by molar-refractivity contribution is 0.336. The Bertz CT molecular complexity index is 812. The molecule has 0 saturated carbocycles. The van der Waals surface area contributed by atoms with Gasteiger partial charge in [0.05, 0.1) is 11.3 Å². The zero-order valence-electron chi connectivity index (χ0n) is 15.8. The van der Waals surface area contributed by atoms with Crippen LogP contribution in [0.2, 0.25) is 0 Å². The summed E-state index contributed by atoms with van der Waals surface area (Å²) in [7, 11) is 0. The lowest BCUT2D eigenvalue weighted by atomic mass is 9.93. The standard InChI is InChI=1S/C22H26N2O2/c1-14(2)17-9-7-10-18(15(3)4)21(17)23-12-16-13-26-22(24-16)19-8-5-6-11-20(19)25/h5-12,14-16,25H,13H2,1-4H3. The minimum Gasteiger partial charge on any atom is -0.507 e. The van der Waals surface area contributed by atoms with Crippen LogP contribution in [-0.2, 0) is 4.74 Å². The molecule has 2 aromatic carbocycles. The van der Waals surface area contributed by atoms with Crippen molar-refractivity contribution in [2.45, 2.75) is 45.6 Å². The van der Waals surface area contributed by atoms with Gasteiger partial charge < -0.3 is 9.84 Å². The number of aromatic hydroxyl groups is 1. The second-order valence-electron chi connectivity index (χ2n) is 7.20. The van der Waals surface area contributed by atoms with Crippen LogP contribution in [0.3, 0.4) is 0 Å². The van der Waals surface area contributed by atoms with E-state index in [4.69, 9.17) is 9.73 Å². The van der Waals surface area contributed by atoms with E-state index in [-0.39, 0.29) is 11.8 Å². The van der Waals surface area contributed by atoms with E-state index in [0.29, 0.717) is 29.9 Å². The molecule has 1 aliphatic heterocycles. The molecule has 0 fully saturated rings. The fourth-order valence-electron chi connectivity index (χ4n) is 3.09. The van der Waals surface area contributed by atoms with E-state index in [1.807, 2.05) is 12.3 Å². The minimum atomic E-state index is -0.148. The summed E-state index contributed by atoms with van der Waals surface area (Å²) < 4.78 is 5.68. The predicted octanol–water partition coefficient (Wildman–Crippen LogP) is 5.19. The Morgan fingerprint density at radius 2 is 1.69 bits per heavy atom. The number of para-hydroxylation sites is 2. The summed E-state index contributed by atoms with van der Waals surface area (Å²) in [5, 5.41) is 9.97. The number of phenols is 1. The van der Waals surface area contributed by atoms with Crippen molar-refractivity contribution >= 4 is 17.8 Å². The van der Waals surface area contributed by atoms with Crippen molar-refractivity contribution in [3.8, 4) is 5.75 Å². The van der Waals surface area contributed by atoms with Gasteiger partial charge in [0.15, 0.2) is 0 Å². The van der Waals surface area contributed by atoms with Gasteiger partial charge in [-0.15, -0.1) is 0 Å². The van der Waals surface area contributed by atoms with Crippen molar-refractivity contribution in [1.29, 1.82) is 0 Å². The number of rotatable bonds is 5. The molecule has 1 heterocycles. The molecule has 1 atom stereocenters. The van der Waals surface area contributed by atoms with Gasteiger partial charge in [0, 0.05) is 6.21 Å². The van der Waals surface area contributed by atoms with E-state index >= 15 is 0 Å². The summed E-state index contributed by atoms with van der Waals surface area (Å²) in [4.78, 5) is 9.37. The van der Waals surface area contributed by atoms with E-state index in [2.05, 4.69) is 50.9 Å². The van der Waals surface area contributed by atoms with E-state index in [9.17, 15) is 5.11 Å². The molecule has 4 heteroatoms. The number of ether oxygens (including phenoxy) is 1. The molecule has 1 N–H and O–H groups in total. The smallest absolute Gasteiger partial charge is 0.220 e. The van der Waals surface area contributed by atoms with Crippen molar-refractivity contribution in [2.75, 3.05) is 6.61 Å². The van der Waals surface area contributed by atoms with Crippen molar-refractivity contribution < 1.29 is 9.84 Å². The summed E-state index contributed by atoms with van der Waals surface area (Å²) in [6.07, 6.45) is 1.86. The molecule has 0 aromatic heterocycles. The molecule has 0 spiro atoms. The van der Waals surface area contributed by atoms with Gasteiger partial charge >= 0.3 is 0 Å². The number of nitrogens with zero attached hydrogens (tertiary/aromatic N) is 2. The van der Waals surface area contributed by atoms with Gasteiger partial charge in [0.1, 0.15) is 18.4 Å². The van der Waals surface area contributed by atoms with E-state index < -0.39 is 0 Å². The Kier molecular flexibility index (Phi) is 5.40. The molecule has 0 radical (unpaired) electrons. The molecule has 0 saturated heterocycles. The van der Waals surface area contributed by atoms with Crippen LogP contribution in [0.25, 0.3) is 0 Å². The van der Waals surface area contributed by atoms with Crippen molar-refractivity contribution in [1.82, 2.24) is 0 Å². The molecule has 136 valence electrons. The van der Waals surface area contributed by atoms with Gasteiger partial charge in [0.25, 0.3) is 0 Å². The van der Waals surface area contributed by atoms with Crippen LogP contribution < -0.4 is 0 Å². The van der Waals surface area contributed by atoms with Crippen molar-refractivity contribution in [3.05, 3.63) is 59.2 Å². The van der Waals surface area contributed by atoms with E-state index in [1.54, 1.807) is 18.2 Å². The quantitative estimate of drug-likeness (QED) is 0.755. The molecule has 1 aliphatic rings. The first-order valence-electron chi connectivity index (χ1n) is 9.13. The summed E-state index contributed by atoms with van der Waals surface area (Å²) >= 11 is 0. The Hall–Kier alpha value is -2.62. The number of phenolic OH excluding ortho intramolecular Hbond substituents is 1. The number of hydrogen-bond donors (Lipinski definition) is 1. The van der Waals surface area contributed by atoms with Crippen LogP contribution in [0.4, 0.5) is 5.69 Å². The summed E-state index contributed by atoms with van der Waals surface area (Å²) in [5.74, 6) is 1.46. The third-order valence-electron chi connectivity index (χ3n) is 4.53. The van der Waals surface area contributed by atoms with Gasteiger partial charge in [-0.05, 0) is 35.1 Å². The monoisotopic (exact) mass is 350 g/mol. The molecular weight excluding hydrogens is 324 g/mol. The Labute approximate surface area is 155 Å². The first-order valence-corrected chi connectivity index (χ1v) is 9.13. The van der Waals surface area contributed by atoms with Gasteiger partial charge in [-0.1, -0.05) is 58.0 Å². The fraction of sp³-hybridized carbons (Fsp3) is 0.364. The van der Waals surface area contributed by atoms with Crippen molar-refractivity contribution in [3.63, 3.8) is 0 Å². The van der Waals surface area contributed by atoms with Gasteiger partial charge in [-0.3, -0.25) is 4.99 Å². The number of hydrogen-bond acceptors (Lipinski definition) is 4. The highest BCUT2D eigenvalue weighted by Crippen LogP contribution is 2.34. The van der Waals surface area contributed by atoms with Crippen molar-refractivity contribution in [2.24, 2.45) is 9.98 Å². The SMILES string of the molecule is CC(C)c1cccc(C(C)C)c1N=CC1COC(c2ccccc2O)=N1. The number of aliphatic imine (C=N–C) groups is 2. The predicted molar refractivity (Wildman–Crippen MR) is 107 cm³/mol. The van der Waals surface area contributed by atoms with Crippen LogP contribution in [0.1, 0.15) is 56.2 Å². The molecule has 4 nitrogen and oxygen atoms in total. The van der Waals surface area contributed by atoms with Crippen LogP contribution in [0.5, 0.6) is 5.75 Å². The zero-order chi connectivity index (χ0) is 18.7. The maximum absolute atomic E-state index is 9.97. The molecule has 0 aliphatic carbocycles. The zero-order valence-corrected chi connectivity index (χ0v) is 15.8. The van der Waals surface area contributed by atoms with Crippen LogP contribution in [0, 0.1) is 0 Å². The molecular formula is C22H26N2O2. The third-order valence-corrected chi connectivity index (χ3v) is 4.53. The number of benzene rings is 2. The van der Waals surface area contributed by atoms with Crippen LogP contribution >= 0.6 is 0 Å². The maximum Gasteiger partial charge on any atom is 0.220 e. The van der Waals surface area contributed by atoms with E-state index in [0.717, 1.165) is 5.69 Å². The second kappa shape index (κ2) is 7.73.